The molecule has 7 nitrogen and oxygen atoms in total. The first kappa shape index (κ1) is 22.4. The molecule has 0 bridgehead atoms. The van der Waals surface area contributed by atoms with E-state index in [0.29, 0.717) is 41.7 Å². The van der Waals surface area contributed by atoms with Gasteiger partial charge >= 0.3 is 11.8 Å². The Morgan fingerprint density at radius 2 is 2.03 bits per heavy atom. The van der Waals surface area contributed by atoms with Crippen molar-refractivity contribution in [3.05, 3.63) is 45.6 Å². The summed E-state index contributed by atoms with van der Waals surface area (Å²) in [5.41, 5.74) is 1.44. The maximum atomic E-state index is 12.8. The van der Waals surface area contributed by atoms with Crippen molar-refractivity contribution in [3.8, 4) is 0 Å². The van der Waals surface area contributed by atoms with Gasteiger partial charge in [0.05, 0.1) is 28.3 Å². The third-order valence-corrected chi connectivity index (χ3v) is 6.36. The molecule has 1 N–H and O–H groups in total. The molecule has 1 aromatic rings. The van der Waals surface area contributed by atoms with E-state index >= 15 is 0 Å². The van der Waals surface area contributed by atoms with Crippen molar-refractivity contribution < 1.29 is 14.4 Å². The van der Waals surface area contributed by atoms with E-state index in [2.05, 4.69) is 15.5 Å². The van der Waals surface area contributed by atoms with Gasteiger partial charge in [-0.2, -0.15) is 10.2 Å². The molecule has 160 valence electrons. The standard InChI is InChI=1S/C21H24Cl2N4O3/c1-3-17(18-6-8-24-26-18)25-20(29)21(30)27-9-7-14(12(27)2)19(28)11-13-4-5-15(22)16(23)10-13/h4-6,10,12,14,17H,3,7-9,11H2,1-2H3,(H,25,29)/t12-,14-,17?/m0/s1. The molecule has 0 spiro atoms. The smallest absolute Gasteiger partial charge is 0.312 e. The lowest BCUT2D eigenvalue weighted by Gasteiger charge is -2.25. The lowest BCUT2D eigenvalue weighted by Crippen LogP contribution is -2.48. The van der Waals surface area contributed by atoms with Crippen molar-refractivity contribution in [1.29, 1.82) is 0 Å². The molecule has 0 aliphatic carbocycles. The Labute approximate surface area is 185 Å². The second-order valence-corrected chi connectivity index (χ2v) is 8.33. The molecule has 3 atom stereocenters. The molecule has 1 fully saturated rings. The number of benzene rings is 1. The maximum Gasteiger partial charge on any atom is 0.312 e. The van der Waals surface area contributed by atoms with Gasteiger partial charge in [0.15, 0.2) is 0 Å². The van der Waals surface area contributed by atoms with Crippen LogP contribution in [0.5, 0.6) is 0 Å². The van der Waals surface area contributed by atoms with E-state index in [1.165, 1.54) is 4.90 Å². The molecule has 1 aromatic carbocycles. The number of hydrogen-bond acceptors (Lipinski definition) is 5. The zero-order valence-corrected chi connectivity index (χ0v) is 18.4. The first-order chi connectivity index (χ1) is 14.3. The molecular formula is C21H24Cl2N4O3. The van der Waals surface area contributed by atoms with Crippen molar-refractivity contribution in [2.75, 3.05) is 13.1 Å². The lowest BCUT2D eigenvalue weighted by atomic mass is 9.92. The molecule has 2 aliphatic heterocycles. The third kappa shape index (κ3) is 4.90. The first-order valence-corrected chi connectivity index (χ1v) is 10.7. The summed E-state index contributed by atoms with van der Waals surface area (Å²) in [5.74, 6) is -1.63. The topological polar surface area (TPSA) is 91.2 Å². The second kappa shape index (κ2) is 9.71. The number of azo groups is 1. The second-order valence-electron chi connectivity index (χ2n) is 7.51. The first-order valence-electron chi connectivity index (χ1n) is 9.97. The minimum Gasteiger partial charge on any atom is -0.339 e. The number of likely N-dealkylation sites (tertiary alicyclic amines) is 1. The number of rotatable bonds is 6. The Morgan fingerprint density at radius 1 is 1.27 bits per heavy atom. The van der Waals surface area contributed by atoms with Gasteiger partial charge in [0, 0.05) is 24.9 Å². The predicted molar refractivity (Wildman–Crippen MR) is 114 cm³/mol. The molecule has 1 unspecified atom stereocenters. The number of nitrogens with zero attached hydrogens (tertiary/aromatic N) is 3. The molecular weight excluding hydrogens is 427 g/mol. The molecule has 2 heterocycles. The fraction of sp³-hybridized carbons (Fsp3) is 0.476. The summed E-state index contributed by atoms with van der Waals surface area (Å²) in [5, 5.41) is 11.5. The number of carbonyl (C=O) groups excluding carboxylic acids is 3. The zero-order chi connectivity index (χ0) is 21.8. The minimum absolute atomic E-state index is 0.0135. The number of carbonyl (C=O) groups is 3. The van der Waals surface area contributed by atoms with Gasteiger partial charge in [-0.25, -0.2) is 0 Å². The highest BCUT2D eigenvalue weighted by molar-refractivity contribution is 6.42. The van der Waals surface area contributed by atoms with E-state index in [-0.39, 0.29) is 30.2 Å². The van der Waals surface area contributed by atoms with Crippen molar-refractivity contribution in [2.45, 2.75) is 45.2 Å². The van der Waals surface area contributed by atoms with Crippen molar-refractivity contribution >= 4 is 40.8 Å². The van der Waals surface area contributed by atoms with Gasteiger partial charge in [-0.3, -0.25) is 14.4 Å². The Kier molecular flexibility index (Phi) is 7.26. The van der Waals surface area contributed by atoms with Gasteiger partial charge in [-0.05, 0) is 43.5 Å². The summed E-state index contributed by atoms with van der Waals surface area (Å²) in [6.07, 6.45) is 3.16. The Bertz CT molecular complexity index is 916. The third-order valence-electron chi connectivity index (χ3n) is 5.62. The SMILES string of the molecule is CCC(NC(=O)C(=O)N1CC[C@H](C(=O)Cc2ccc(Cl)c(Cl)c2)[C@@H]1C)C1=CCN=N1. The van der Waals surface area contributed by atoms with Crippen LogP contribution in [-0.2, 0) is 20.8 Å². The highest BCUT2D eigenvalue weighted by Gasteiger charge is 2.40. The summed E-state index contributed by atoms with van der Waals surface area (Å²) < 4.78 is 0. The summed E-state index contributed by atoms with van der Waals surface area (Å²) in [6, 6.07) is 4.40. The Hall–Kier alpha value is -2.25. The number of halogens is 2. The van der Waals surface area contributed by atoms with Crippen LogP contribution in [0.3, 0.4) is 0 Å². The fourth-order valence-corrected chi connectivity index (χ4v) is 4.20. The van der Waals surface area contributed by atoms with Gasteiger partial charge in [0.1, 0.15) is 5.78 Å². The van der Waals surface area contributed by atoms with E-state index in [9.17, 15) is 14.4 Å². The van der Waals surface area contributed by atoms with Crippen LogP contribution in [0.15, 0.2) is 40.2 Å². The van der Waals surface area contributed by atoms with Gasteiger partial charge in [-0.1, -0.05) is 36.2 Å². The molecule has 9 heteroatoms. The molecule has 2 aliphatic rings. The van der Waals surface area contributed by atoms with Crippen LogP contribution < -0.4 is 5.32 Å². The Balaban J connectivity index is 1.60. The van der Waals surface area contributed by atoms with Crippen molar-refractivity contribution in [1.82, 2.24) is 10.2 Å². The van der Waals surface area contributed by atoms with E-state index in [4.69, 9.17) is 23.2 Å². The largest absolute Gasteiger partial charge is 0.339 e. The summed E-state index contributed by atoms with van der Waals surface area (Å²) in [4.78, 5) is 39.5. The van der Waals surface area contributed by atoms with Gasteiger partial charge < -0.3 is 10.2 Å². The summed E-state index contributed by atoms with van der Waals surface area (Å²) in [7, 11) is 0. The van der Waals surface area contributed by atoms with Crippen LogP contribution >= 0.6 is 23.2 Å². The highest BCUT2D eigenvalue weighted by atomic mass is 35.5. The normalized spacial score (nSPS) is 21.5. The van der Waals surface area contributed by atoms with Crippen molar-refractivity contribution in [2.24, 2.45) is 16.1 Å². The molecule has 2 amide bonds. The van der Waals surface area contributed by atoms with Crippen LogP contribution in [0.2, 0.25) is 10.0 Å². The van der Waals surface area contributed by atoms with Gasteiger partial charge in [0.2, 0.25) is 0 Å². The summed E-state index contributed by atoms with van der Waals surface area (Å²) >= 11 is 12.0. The Morgan fingerprint density at radius 3 is 2.67 bits per heavy atom. The zero-order valence-electron chi connectivity index (χ0n) is 16.9. The van der Waals surface area contributed by atoms with Gasteiger partial charge in [-0.15, -0.1) is 0 Å². The van der Waals surface area contributed by atoms with Crippen LogP contribution in [0.1, 0.15) is 32.3 Å². The number of Topliss-reactive ketones (excluding diaryl/α,β-unsaturated/α-hetero) is 1. The average molecular weight is 451 g/mol. The van der Waals surface area contributed by atoms with Gasteiger partial charge in [0.25, 0.3) is 0 Å². The maximum absolute atomic E-state index is 12.8. The van der Waals surface area contributed by atoms with Crippen molar-refractivity contribution in [3.63, 3.8) is 0 Å². The van der Waals surface area contributed by atoms with Crippen LogP contribution in [0.25, 0.3) is 0 Å². The highest BCUT2D eigenvalue weighted by Crippen LogP contribution is 2.28. The molecule has 0 saturated carbocycles. The van der Waals surface area contributed by atoms with Crippen LogP contribution in [-0.4, -0.2) is 47.7 Å². The number of nitrogens with one attached hydrogen (secondary N) is 1. The van der Waals surface area contributed by atoms with E-state index < -0.39 is 11.8 Å². The lowest BCUT2D eigenvalue weighted by molar-refractivity contribution is -0.147. The minimum atomic E-state index is -0.686. The van der Waals surface area contributed by atoms with E-state index in [0.717, 1.165) is 5.56 Å². The molecule has 30 heavy (non-hydrogen) atoms. The number of ketones is 1. The monoisotopic (exact) mass is 450 g/mol. The molecule has 0 aromatic heterocycles. The molecule has 3 rings (SSSR count). The fourth-order valence-electron chi connectivity index (χ4n) is 3.88. The van der Waals surface area contributed by atoms with Crippen LogP contribution in [0, 0.1) is 5.92 Å². The predicted octanol–water partition coefficient (Wildman–Crippen LogP) is 3.59. The van der Waals surface area contributed by atoms with Crippen LogP contribution in [0.4, 0.5) is 0 Å². The molecule has 0 radical (unpaired) electrons. The average Bonchev–Trinajstić information content (AvgIpc) is 3.38. The quantitative estimate of drug-likeness (QED) is 0.671. The van der Waals surface area contributed by atoms with E-state index in [1.807, 2.05) is 13.0 Å². The number of amides is 2. The molecule has 1 saturated heterocycles. The number of hydrogen-bond donors (Lipinski definition) is 1. The summed E-state index contributed by atoms with van der Waals surface area (Å²) in [6.45, 7) is 4.56. The van der Waals surface area contributed by atoms with E-state index in [1.54, 1.807) is 25.1 Å².